The van der Waals surface area contributed by atoms with Crippen LogP contribution in [0.15, 0.2) is 39.9 Å². The van der Waals surface area contributed by atoms with Crippen LogP contribution in [0.3, 0.4) is 0 Å². The van der Waals surface area contributed by atoms with E-state index in [0.717, 1.165) is 15.6 Å². The molecule has 2 aromatic carbocycles. The Morgan fingerprint density at radius 2 is 2.05 bits per heavy atom. The smallest absolute Gasteiger partial charge is 0.175 e. The number of halogens is 3. The van der Waals surface area contributed by atoms with Crippen molar-refractivity contribution in [2.75, 3.05) is 7.11 Å². The zero-order valence-corrected chi connectivity index (χ0v) is 14.7. The first kappa shape index (κ1) is 16.9. The van der Waals surface area contributed by atoms with Crippen molar-refractivity contribution >= 4 is 45.3 Å². The van der Waals surface area contributed by atoms with E-state index in [1.165, 1.54) is 6.21 Å². The molecule has 0 atom stereocenters. The van der Waals surface area contributed by atoms with Crippen molar-refractivity contribution in [2.24, 2.45) is 10.9 Å². The predicted octanol–water partition coefficient (Wildman–Crippen LogP) is 4.64. The molecule has 0 unspecified atom stereocenters. The van der Waals surface area contributed by atoms with Gasteiger partial charge in [-0.15, -0.1) is 0 Å². The van der Waals surface area contributed by atoms with Crippen LogP contribution in [0.1, 0.15) is 11.1 Å². The van der Waals surface area contributed by atoms with Crippen LogP contribution in [-0.4, -0.2) is 13.3 Å². The lowest BCUT2D eigenvalue weighted by Gasteiger charge is -2.14. The molecule has 0 amide bonds. The second kappa shape index (κ2) is 7.72. The Bertz CT molecular complexity index is 708. The highest BCUT2D eigenvalue weighted by atomic mass is 79.9. The molecule has 0 bridgehead atoms. The molecule has 0 aliphatic rings. The molecule has 0 aliphatic heterocycles. The highest BCUT2D eigenvalue weighted by molar-refractivity contribution is 9.10. The molecule has 2 rings (SSSR count). The minimum absolute atomic E-state index is 0.287. The quantitative estimate of drug-likeness (QED) is 0.449. The van der Waals surface area contributed by atoms with Crippen molar-refractivity contribution in [1.82, 2.24) is 0 Å². The maximum absolute atomic E-state index is 6.14. The zero-order valence-electron chi connectivity index (χ0n) is 11.6. The van der Waals surface area contributed by atoms with Crippen molar-refractivity contribution < 1.29 is 9.47 Å². The van der Waals surface area contributed by atoms with Crippen LogP contribution in [0.2, 0.25) is 10.0 Å². The number of nitrogens with two attached hydrogens (primary N) is 1. The summed E-state index contributed by atoms with van der Waals surface area (Å²) in [6.07, 6.45) is 1.52. The van der Waals surface area contributed by atoms with Crippen molar-refractivity contribution in [3.63, 3.8) is 0 Å². The van der Waals surface area contributed by atoms with E-state index in [1.54, 1.807) is 25.3 Å². The molecule has 0 aliphatic carbocycles. The number of hydrogen-bond donors (Lipinski definition) is 1. The Labute approximate surface area is 146 Å². The van der Waals surface area contributed by atoms with Gasteiger partial charge in [0, 0.05) is 15.6 Å². The fraction of sp³-hybridized carbons (Fsp3) is 0.133. The third kappa shape index (κ3) is 4.06. The van der Waals surface area contributed by atoms with E-state index in [9.17, 15) is 0 Å². The van der Waals surface area contributed by atoms with E-state index in [4.69, 9.17) is 38.5 Å². The summed E-state index contributed by atoms with van der Waals surface area (Å²) in [5.74, 6) is 6.30. The minimum atomic E-state index is 0.287. The van der Waals surface area contributed by atoms with Gasteiger partial charge in [0.2, 0.25) is 0 Å². The zero-order chi connectivity index (χ0) is 16.1. The average molecular weight is 404 g/mol. The predicted molar refractivity (Wildman–Crippen MR) is 93.3 cm³/mol. The minimum Gasteiger partial charge on any atom is -0.493 e. The molecular weight excluding hydrogens is 391 g/mol. The number of hydrogen-bond acceptors (Lipinski definition) is 4. The second-order valence-corrected chi connectivity index (χ2v) is 6.03. The van der Waals surface area contributed by atoms with Crippen molar-refractivity contribution in [3.8, 4) is 11.5 Å². The summed E-state index contributed by atoms with van der Waals surface area (Å²) in [7, 11) is 1.56. The molecule has 0 fully saturated rings. The molecule has 116 valence electrons. The molecule has 0 saturated heterocycles. The van der Waals surface area contributed by atoms with Crippen molar-refractivity contribution in [2.45, 2.75) is 6.61 Å². The molecule has 2 aromatic rings. The summed E-state index contributed by atoms with van der Waals surface area (Å²) < 4.78 is 11.9. The number of methoxy groups -OCH3 is 1. The van der Waals surface area contributed by atoms with E-state index in [2.05, 4.69) is 21.0 Å². The third-order valence-electron chi connectivity index (χ3n) is 2.86. The van der Waals surface area contributed by atoms with Gasteiger partial charge in [0.15, 0.2) is 11.5 Å². The lowest BCUT2D eigenvalue weighted by Crippen LogP contribution is -2.00. The van der Waals surface area contributed by atoms with Crippen LogP contribution in [-0.2, 0) is 6.61 Å². The topological polar surface area (TPSA) is 56.8 Å². The van der Waals surface area contributed by atoms with Crippen LogP contribution in [0.4, 0.5) is 0 Å². The molecule has 4 nitrogen and oxygen atoms in total. The molecule has 2 N–H and O–H groups in total. The Balaban J connectivity index is 2.25. The average Bonchev–Trinajstić information content (AvgIpc) is 2.47. The summed E-state index contributed by atoms with van der Waals surface area (Å²) >= 11 is 15.5. The van der Waals surface area contributed by atoms with E-state index in [0.29, 0.717) is 21.5 Å². The molecular formula is C15H13BrCl2N2O2. The first-order chi connectivity index (χ1) is 10.5. The molecule has 0 saturated carbocycles. The standard InChI is InChI=1S/C15H13BrCl2N2O2/c1-21-14-5-9(7-20-19)4-12(16)15(14)22-8-10-2-3-11(17)6-13(10)18/h2-7H,8,19H2,1H3. The monoisotopic (exact) mass is 402 g/mol. The summed E-state index contributed by atoms with van der Waals surface area (Å²) in [5, 5.41) is 4.63. The fourth-order valence-corrected chi connectivity index (χ4v) is 2.87. The second-order valence-electron chi connectivity index (χ2n) is 4.34. The van der Waals surface area contributed by atoms with Gasteiger partial charge in [-0.05, 0) is 45.8 Å². The summed E-state index contributed by atoms with van der Waals surface area (Å²) in [6.45, 7) is 0.287. The maximum Gasteiger partial charge on any atom is 0.175 e. The van der Waals surface area contributed by atoms with Crippen molar-refractivity contribution in [1.29, 1.82) is 0 Å². The fourth-order valence-electron chi connectivity index (χ4n) is 1.83. The lowest BCUT2D eigenvalue weighted by molar-refractivity contribution is 0.282. The van der Waals surface area contributed by atoms with Crippen LogP contribution < -0.4 is 15.3 Å². The number of hydrazone groups is 1. The van der Waals surface area contributed by atoms with Crippen LogP contribution >= 0.6 is 39.1 Å². The Hall–Kier alpha value is -1.43. The van der Waals surface area contributed by atoms with E-state index >= 15 is 0 Å². The maximum atomic E-state index is 6.14. The van der Waals surface area contributed by atoms with Gasteiger partial charge in [-0.1, -0.05) is 29.3 Å². The molecule has 22 heavy (non-hydrogen) atoms. The molecule has 0 heterocycles. The first-order valence-electron chi connectivity index (χ1n) is 6.22. The highest BCUT2D eigenvalue weighted by Crippen LogP contribution is 2.37. The van der Waals surface area contributed by atoms with Crippen LogP contribution in [0.25, 0.3) is 0 Å². The normalized spacial score (nSPS) is 10.9. The van der Waals surface area contributed by atoms with Crippen LogP contribution in [0, 0.1) is 0 Å². The SMILES string of the molecule is COc1cc(C=NN)cc(Br)c1OCc1ccc(Cl)cc1Cl. The summed E-state index contributed by atoms with van der Waals surface area (Å²) in [4.78, 5) is 0. The van der Waals surface area contributed by atoms with Gasteiger partial charge in [0.05, 0.1) is 17.8 Å². The Morgan fingerprint density at radius 3 is 2.68 bits per heavy atom. The lowest BCUT2D eigenvalue weighted by atomic mass is 10.2. The number of rotatable bonds is 5. The first-order valence-corrected chi connectivity index (χ1v) is 7.77. The molecule has 0 aromatic heterocycles. The Morgan fingerprint density at radius 1 is 1.27 bits per heavy atom. The van der Waals surface area contributed by atoms with Gasteiger partial charge < -0.3 is 15.3 Å². The summed E-state index contributed by atoms with van der Waals surface area (Å²) in [5.41, 5.74) is 1.62. The van der Waals surface area contributed by atoms with Gasteiger partial charge in [-0.2, -0.15) is 5.10 Å². The Kier molecular flexibility index (Phi) is 5.94. The largest absolute Gasteiger partial charge is 0.493 e. The van der Waals surface area contributed by atoms with Gasteiger partial charge >= 0.3 is 0 Å². The number of benzene rings is 2. The number of nitrogens with zero attached hydrogens (tertiary/aromatic N) is 1. The molecule has 7 heteroatoms. The van der Waals surface area contributed by atoms with E-state index < -0.39 is 0 Å². The van der Waals surface area contributed by atoms with Gasteiger partial charge in [-0.3, -0.25) is 0 Å². The molecule has 0 radical (unpaired) electrons. The van der Waals surface area contributed by atoms with Gasteiger partial charge in [0.1, 0.15) is 6.61 Å². The van der Waals surface area contributed by atoms with Gasteiger partial charge in [0.25, 0.3) is 0 Å². The third-order valence-corrected chi connectivity index (χ3v) is 4.04. The van der Waals surface area contributed by atoms with E-state index in [-0.39, 0.29) is 6.61 Å². The van der Waals surface area contributed by atoms with Crippen molar-refractivity contribution in [3.05, 3.63) is 56.0 Å². The molecule has 0 spiro atoms. The van der Waals surface area contributed by atoms with Crippen LogP contribution in [0.5, 0.6) is 11.5 Å². The van der Waals surface area contributed by atoms with E-state index in [1.807, 2.05) is 12.1 Å². The van der Waals surface area contributed by atoms with Gasteiger partial charge in [-0.25, -0.2) is 0 Å². The highest BCUT2D eigenvalue weighted by Gasteiger charge is 2.12. The number of ether oxygens (including phenoxy) is 2. The summed E-state index contributed by atoms with van der Waals surface area (Å²) in [6, 6.07) is 8.87.